The molecule has 1 aliphatic heterocycles. The number of nitrogens with zero attached hydrogens (tertiary/aromatic N) is 1. The third-order valence-corrected chi connectivity index (χ3v) is 4.47. The van der Waals surface area contributed by atoms with E-state index in [1.54, 1.807) is 41.3 Å². The van der Waals surface area contributed by atoms with Gasteiger partial charge in [0.05, 0.1) is 0 Å². The summed E-state index contributed by atoms with van der Waals surface area (Å²) in [5.74, 6) is -0.732. The molecule has 2 aromatic rings. The van der Waals surface area contributed by atoms with Gasteiger partial charge in [-0.1, -0.05) is 54.1 Å². The third-order valence-electron chi connectivity index (χ3n) is 4.24. The summed E-state index contributed by atoms with van der Waals surface area (Å²) in [6.45, 7) is 1.41. The second kappa shape index (κ2) is 8.68. The topological polar surface area (TPSA) is 46.6 Å². The van der Waals surface area contributed by atoms with E-state index in [-0.39, 0.29) is 5.91 Å². The van der Waals surface area contributed by atoms with Gasteiger partial charge in [-0.25, -0.2) is 4.79 Å². The molecule has 3 rings (SSSR count). The minimum Gasteiger partial charge on any atom is -0.444 e. The molecule has 26 heavy (non-hydrogen) atoms. The summed E-state index contributed by atoms with van der Waals surface area (Å²) in [6.07, 6.45) is 3.98. The van der Waals surface area contributed by atoms with Crippen LogP contribution in [0, 0.1) is 0 Å². The van der Waals surface area contributed by atoms with Gasteiger partial charge in [-0.05, 0) is 36.6 Å². The molecule has 1 atom stereocenters. The Morgan fingerprint density at radius 2 is 1.77 bits per heavy atom. The Morgan fingerprint density at radius 1 is 1.04 bits per heavy atom. The minimum absolute atomic E-state index is 0.168. The lowest BCUT2D eigenvalue weighted by molar-refractivity contribution is -0.156. The van der Waals surface area contributed by atoms with E-state index in [9.17, 15) is 9.59 Å². The number of hydrogen-bond donors (Lipinski definition) is 0. The fraction of sp³-hybridized carbons (Fsp3) is 0.238. The lowest BCUT2D eigenvalue weighted by Gasteiger charge is -2.23. The zero-order chi connectivity index (χ0) is 18.4. The van der Waals surface area contributed by atoms with Crippen LogP contribution in [0.4, 0.5) is 0 Å². The first kappa shape index (κ1) is 18.2. The highest BCUT2D eigenvalue weighted by Crippen LogP contribution is 2.23. The summed E-state index contributed by atoms with van der Waals surface area (Å²) < 4.78 is 5.51. The van der Waals surface area contributed by atoms with Crippen molar-refractivity contribution in [3.8, 4) is 0 Å². The Kier molecular flexibility index (Phi) is 6.08. The van der Waals surface area contributed by atoms with Crippen molar-refractivity contribution in [2.24, 2.45) is 0 Å². The normalized spacial score (nSPS) is 15.2. The van der Waals surface area contributed by atoms with E-state index in [0.29, 0.717) is 23.7 Å². The van der Waals surface area contributed by atoms with Crippen LogP contribution < -0.4 is 0 Å². The van der Waals surface area contributed by atoms with Crippen molar-refractivity contribution >= 4 is 29.6 Å². The van der Waals surface area contributed by atoms with Crippen LogP contribution in [0.25, 0.3) is 6.08 Å². The van der Waals surface area contributed by atoms with Gasteiger partial charge in [0, 0.05) is 29.8 Å². The zero-order valence-corrected chi connectivity index (χ0v) is 15.1. The van der Waals surface area contributed by atoms with Crippen molar-refractivity contribution < 1.29 is 14.3 Å². The summed E-state index contributed by atoms with van der Waals surface area (Å²) in [5, 5.41) is 0.590. The van der Waals surface area contributed by atoms with E-state index >= 15 is 0 Å². The molecule has 2 aromatic carbocycles. The number of ether oxygens (including phenoxy) is 1. The van der Waals surface area contributed by atoms with Crippen LogP contribution in [0.2, 0.25) is 5.02 Å². The smallest absolute Gasteiger partial charge is 0.331 e. The number of carbonyl (C=O) groups excluding carboxylic acids is 2. The highest BCUT2D eigenvalue weighted by atomic mass is 35.5. The third kappa shape index (κ3) is 4.73. The van der Waals surface area contributed by atoms with Crippen LogP contribution in [0.15, 0.2) is 60.7 Å². The van der Waals surface area contributed by atoms with Gasteiger partial charge in [0.2, 0.25) is 6.10 Å². The number of carbonyl (C=O) groups is 2. The predicted octanol–water partition coefficient (Wildman–Crippen LogP) is 4.26. The SMILES string of the molecule is O=C(/C=C/c1cccc(Cl)c1)O[C@@H](C(=O)N1CCCC1)c1ccccc1. The monoisotopic (exact) mass is 369 g/mol. The average Bonchev–Trinajstić information content (AvgIpc) is 3.19. The molecule has 1 saturated heterocycles. The Bertz CT molecular complexity index is 798. The van der Waals surface area contributed by atoms with Crippen molar-refractivity contribution in [1.82, 2.24) is 4.90 Å². The summed E-state index contributed by atoms with van der Waals surface area (Å²) in [4.78, 5) is 26.9. The number of hydrogen-bond acceptors (Lipinski definition) is 3. The van der Waals surface area contributed by atoms with Crippen molar-refractivity contribution in [2.75, 3.05) is 13.1 Å². The number of rotatable bonds is 5. The van der Waals surface area contributed by atoms with Crippen LogP contribution in [-0.2, 0) is 14.3 Å². The van der Waals surface area contributed by atoms with Crippen LogP contribution in [-0.4, -0.2) is 29.9 Å². The quantitative estimate of drug-likeness (QED) is 0.584. The molecule has 1 amide bonds. The number of likely N-dealkylation sites (tertiary alicyclic amines) is 1. The largest absolute Gasteiger partial charge is 0.444 e. The highest BCUT2D eigenvalue weighted by Gasteiger charge is 2.30. The zero-order valence-electron chi connectivity index (χ0n) is 14.3. The molecule has 0 radical (unpaired) electrons. The van der Waals surface area contributed by atoms with E-state index in [4.69, 9.17) is 16.3 Å². The molecule has 5 heteroatoms. The van der Waals surface area contributed by atoms with Gasteiger partial charge in [-0.2, -0.15) is 0 Å². The molecule has 0 N–H and O–H groups in total. The second-order valence-electron chi connectivity index (χ2n) is 6.15. The van der Waals surface area contributed by atoms with Gasteiger partial charge in [0.1, 0.15) is 0 Å². The molecule has 1 aliphatic rings. The lowest BCUT2D eigenvalue weighted by atomic mass is 10.1. The van der Waals surface area contributed by atoms with E-state index in [2.05, 4.69) is 0 Å². The second-order valence-corrected chi connectivity index (χ2v) is 6.58. The van der Waals surface area contributed by atoms with Gasteiger partial charge in [-0.3, -0.25) is 4.79 Å². The summed E-state index contributed by atoms with van der Waals surface area (Å²) >= 11 is 5.94. The van der Waals surface area contributed by atoms with Crippen molar-refractivity contribution in [3.05, 3.63) is 76.8 Å². The molecular weight excluding hydrogens is 350 g/mol. The fourth-order valence-electron chi connectivity index (χ4n) is 2.92. The van der Waals surface area contributed by atoms with E-state index in [1.165, 1.54) is 6.08 Å². The van der Waals surface area contributed by atoms with Crippen LogP contribution in [0.3, 0.4) is 0 Å². The molecule has 0 bridgehead atoms. The molecule has 0 unspecified atom stereocenters. The maximum Gasteiger partial charge on any atom is 0.331 e. The highest BCUT2D eigenvalue weighted by molar-refractivity contribution is 6.30. The first-order valence-electron chi connectivity index (χ1n) is 8.61. The van der Waals surface area contributed by atoms with Gasteiger partial charge in [0.25, 0.3) is 5.91 Å². The Morgan fingerprint density at radius 3 is 2.46 bits per heavy atom. The first-order valence-corrected chi connectivity index (χ1v) is 8.99. The van der Waals surface area contributed by atoms with Gasteiger partial charge >= 0.3 is 5.97 Å². The number of halogens is 1. The van der Waals surface area contributed by atoms with Crippen molar-refractivity contribution in [2.45, 2.75) is 18.9 Å². The maximum atomic E-state index is 12.8. The minimum atomic E-state index is -0.925. The molecule has 1 heterocycles. The standard InChI is InChI=1S/C21H20ClNO3/c22-18-10-6-7-16(15-18)11-12-19(24)26-20(17-8-2-1-3-9-17)21(25)23-13-4-5-14-23/h1-3,6-12,15,20H,4-5,13-14H2/b12-11+/t20-/m1/s1. The number of esters is 1. The predicted molar refractivity (Wildman–Crippen MR) is 102 cm³/mol. The van der Waals surface area contributed by atoms with E-state index in [0.717, 1.165) is 18.4 Å². The molecule has 0 spiro atoms. The lowest BCUT2D eigenvalue weighted by Crippen LogP contribution is -2.34. The summed E-state index contributed by atoms with van der Waals surface area (Å²) in [7, 11) is 0. The van der Waals surface area contributed by atoms with Crippen LogP contribution in [0.1, 0.15) is 30.1 Å². The molecule has 0 aliphatic carbocycles. The number of benzene rings is 2. The molecule has 1 fully saturated rings. The molecule has 0 saturated carbocycles. The Balaban J connectivity index is 1.74. The fourth-order valence-corrected chi connectivity index (χ4v) is 3.12. The molecule has 4 nitrogen and oxygen atoms in total. The first-order chi connectivity index (χ1) is 12.6. The van der Waals surface area contributed by atoms with E-state index < -0.39 is 12.1 Å². The van der Waals surface area contributed by atoms with Crippen molar-refractivity contribution in [3.63, 3.8) is 0 Å². The van der Waals surface area contributed by atoms with Gasteiger partial charge in [-0.15, -0.1) is 0 Å². The average molecular weight is 370 g/mol. The molecule has 134 valence electrons. The van der Waals surface area contributed by atoms with Crippen molar-refractivity contribution in [1.29, 1.82) is 0 Å². The van der Waals surface area contributed by atoms with Gasteiger partial charge < -0.3 is 9.64 Å². The molecule has 0 aromatic heterocycles. The van der Waals surface area contributed by atoms with E-state index in [1.807, 2.05) is 24.3 Å². The van der Waals surface area contributed by atoms with Gasteiger partial charge in [0.15, 0.2) is 0 Å². The van der Waals surface area contributed by atoms with Crippen LogP contribution in [0.5, 0.6) is 0 Å². The van der Waals surface area contributed by atoms with Crippen LogP contribution >= 0.6 is 11.6 Å². The summed E-state index contributed by atoms with van der Waals surface area (Å²) in [6, 6.07) is 16.3. The Labute approximate surface area is 158 Å². The Hall–Kier alpha value is -2.59. The summed E-state index contributed by atoms with van der Waals surface area (Å²) in [5.41, 5.74) is 1.46. The maximum absolute atomic E-state index is 12.8. The number of amides is 1. The molecular formula is C21H20ClNO3.